The van der Waals surface area contributed by atoms with E-state index in [0.717, 1.165) is 0 Å². The number of rotatable bonds is 6. The summed E-state index contributed by atoms with van der Waals surface area (Å²) >= 11 is 0. The van der Waals surface area contributed by atoms with Crippen LogP contribution in [0.15, 0.2) is 5.16 Å². The first-order chi connectivity index (χ1) is 7.86. The highest BCUT2D eigenvalue weighted by atomic mass is 16.4. The van der Waals surface area contributed by atoms with E-state index < -0.39 is 5.92 Å². The van der Waals surface area contributed by atoms with Crippen LogP contribution in [0.4, 0.5) is 0 Å². The molecule has 0 heterocycles. The third-order valence-electron chi connectivity index (χ3n) is 2.61. The number of nitrogens with zero attached hydrogens (tertiary/aromatic N) is 2. The lowest BCUT2D eigenvalue weighted by Crippen LogP contribution is -2.48. The Kier molecular flexibility index (Phi) is 6.57. The molecule has 0 aromatic carbocycles. The van der Waals surface area contributed by atoms with Crippen LogP contribution in [0.5, 0.6) is 0 Å². The number of carbonyl (C=O) groups is 1. The predicted molar refractivity (Wildman–Crippen MR) is 65.7 cm³/mol. The van der Waals surface area contributed by atoms with Crippen LogP contribution in [0.2, 0.25) is 0 Å². The second-order valence-corrected chi connectivity index (χ2v) is 4.60. The van der Waals surface area contributed by atoms with Crippen molar-refractivity contribution in [3.05, 3.63) is 0 Å². The zero-order chi connectivity index (χ0) is 13.6. The van der Waals surface area contributed by atoms with Crippen LogP contribution in [0.25, 0.3) is 0 Å². The minimum absolute atomic E-state index is 0.0395. The van der Waals surface area contributed by atoms with E-state index in [0.29, 0.717) is 0 Å². The van der Waals surface area contributed by atoms with E-state index in [2.05, 4.69) is 5.16 Å². The third kappa shape index (κ3) is 4.22. The summed E-state index contributed by atoms with van der Waals surface area (Å²) in [5.41, 5.74) is 5.54. The van der Waals surface area contributed by atoms with Crippen molar-refractivity contribution in [2.75, 3.05) is 13.2 Å². The van der Waals surface area contributed by atoms with Crippen molar-refractivity contribution in [1.29, 1.82) is 0 Å². The van der Waals surface area contributed by atoms with Gasteiger partial charge in [0.15, 0.2) is 5.84 Å². The number of oxime groups is 1. The normalized spacial score (nSPS) is 14.2. The number of hydrogen-bond donors (Lipinski definition) is 3. The molecule has 1 atom stereocenters. The SMILES string of the molecule is CC(C)C(C(=O)N(CCO)C(C)C)C(N)=NO. The van der Waals surface area contributed by atoms with E-state index in [-0.39, 0.29) is 36.9 Å². The average molecular weight is 245 g/mol. The van der Waals surface area contributed by atoms with Gasteiger partial charge in [-0.1, -0.05) is 19.0 Å². The molecule has 0 saturated heterocycles. The van der Waals surface area contributed by atoms with E-state index in [1.807, 2.05) is 27.7 Å². The van der Waals surface area contributed by atoms with Crippen molar-refractivity contribution in [3.8, 4) is 0 Å². The van der Waals surface area contributed by atoms with Crippen molar-refractivity contribution in [1.82, 2.24) is 4.90 Å². The van der Waals surface area contributed by atoms with Gasteiger partial charge in [0.2, 0.25) is 5.91 Å². The Morgan fingerprint density at radius 2 is 1.88 bits per heavy atom. The zero-order valence-electron chi connectivity index (χ0n) is 10.9. The lowest BCUT2D eigenvalue weighted by Gasteiger charge is -2.31. The summed E-state index contributed by atoms with van der Waals surface area (Å²) in [5, 5.41) is 20.6. The van der Waals surface area contributed by atoms with E-state index in [9.17, 15) is 4.79 Å². The van der Waals surface area contributed by atoms with E-state index in [4.69, 9.17) is 16.0 Å². The van der Waals surface area contributed by atoms with Gasteiger partial charge in [-0.15, -0.1) is 0 Å². The first-order valence-electron chi connectivity index (χ1n) is 5.75. The zero-order valence-corrected chi connectivity index (χ0v) is 10.9. The van der Waals surface area contributed by atoms with Crippen LogP contribution in [-0.4, -0.2) is 46.1 Å². The first-order valence-corrected chi connectivity index (χ1v) is 5.75. The summed E-state index contributed by atoms with van der Waals surface area (Å²) in [6.07, 6.45) is 0. The molecule has 0 fully saturated rings. The van der Waals surface area contributed by atoms with Crippen LogP contribution in [0, 0.1) is 11.8 Å². The molecule has 1 unspecified atom stereocenters. The molecule has 6 heteroatoms. The summed E-state index contributed by atoms with van der Waals surface area (Å²) < 4.78 is 0. The number of nitrogens with two attached hydrogens (primary N) is 1. The second kappa shape index (κ2) is 7.11. The fraction of sp³-hybridized carbons (Fsp3) is 0.818. The van der Waals surface area contributed by atoms with E-state index >= 15 is 0 Å². The Balaban J connectivity index is 5.04. The highest BCUT2D eigenvalue weighted by Gasteiger charge is 2.31. The molecule has 0 aliphatic heterocycles. The Hall–Kier alpha value is -1.30. The largest absolute Gasteiger partial charge is 0.409 e. The number of carbonyl (C=O) groups excluding carboxylic acids is 1. The molecule has 0 aliphatic carbocycles. The Morgan fingerprint density at radius 1 is 1.35 bits per heavy atom. The number of hydrogen-bond acceptors (Lipinski definition) is 4. The summed E-state index contributed by atoms with van der Waals surface area (Å²) in [6, 6.07) is -0.0395. The molecule has 17 heavy (non-hydrogen) atoms. The molecule has 0 saturated carbocycles. The second-order valence-electron chi connectivity index (χ2n) is 4.60. The van der Waals surface area contributed by atoms with Gasteiger partial charge in [0.25, 0.3) is 0 Å². The topological polar surface area (TPSA) is 99.2 Å². The van der Waals surface area contributed by atoms with Crippen molar-refractivity contribution in [2.45, 2.75) is 33.7 Å². The molecule has 1 amide bonds. The molecule has 0 rings (SSSR count). The standard InChI is InChI=1S/C11H23N3O3/c1-7(2)9(10(12)13-17)11(16)14(5-6-15)8(3)4/h7-9,15,17H,5-6H2,1-4H3,(H2,12,13). The molecular formula is C11H23N3O3. The van der Waals surface area contributed by atoms with Crippen molar-refractivity contribution in [2.24, 2.45) is 22.7 Å². The maximum atomic E-state index is 12.3. The van der Waals surface area contributed by atoms with Gasteiger partial charge >= 0.3 is 0 Å². The lowest BCUT2D eigenvalue weighted by atomic mass is 9.92. The average Bonchev–Trinajstić information content (AvgIpc) is 2.24. The van der Waals surface area contributed by atoms with E-state index in [1.54, 1.807) is 0 Å². The molecule has 0 spiro atoms. The van der Waals surface area contributed by atoms with Gasteiger partial charge in [0, 0.05) is 12.6 Å². The minimum Gasteiger partial charge on any atom is -0.409 e. The summed E-state index contributed by atoms with van der Waals surface area (Å²) in [7, 11) is 0. The van der Waals surface area contributed by atoms with Gasteiger partial charge in [0.05, 0.1) is 6.61 Å². The Bertz CT molecular complexity index is 277. The van der Waals surface area contributed by atoms with E-state index in [1.165, 1.54) is 4.90 Å². The first kappa shape index (κ1) is 15.7. The van der Waals surface area contributed by atoms with Gasteiger partial charge in [-0.25, -0.2) is 0 Å². The summed E-state index contributed by atoms with van der Waals surface area (Å²) in [6.45, 7) is 7.52. The van der Waals surface area contributed by atoms with Gasteiger partial charge in [0.1, 0.15) is 5.92 Å². The fourth-order valence-corrected chi connectivity index (χ4v) is 1.72. The molecule has 4 N–H and O–H groups in total. The quantitative estimate of drug-likeness (QED) is 0.270. The maximum Gasteiger partial charge on any atom is 0.233 e. The molecule has 0 aliphatic rings. The molecular weight excluding hydrogens is 222 g/mol. The predicted octanol–water partition coefficient (Wildman–Crippen LogP) is 0.234. The molecule has 0 radical (unpaired) electrons. The molecule has 0 aromatic heterocycles. The highest BCUT2D eigenvalue weighted by Crippen LogP contribution is 2.16. The highest BCUT2D eigenvalue weighted by molar-refractivity contribution is 6.02. The van der Waals surface area contributed by atoms with Crippen molar-refractivity contribution < 1.29 is 15.1 Å². The molecule has 0 aromatic rings. The molecule has 6 nitrogen and oxygen atoms in total. The Labute approximate surface area is 102 Å². The van der Waals surface area contributed by atoms with Crippen LogP contribution < -0.4 is 5.73 Å². The van der Waals surface area contributed by atoms with Crippen LogP contribution in [0.1, 0.15) is 27.7 Å². The Morgan fingerprint density at radius 3 is 2.18 bits per heavy atom. The number of amidine groups is 1. The summed E-state index contributed by atoms with van der Waals surface area (Å²) in [5.74, 6) is -1.04. The van der Waals surface area contributed by atoms with Gasteiger partial charge in [-0.05, 0) is 19.8 Å². The van der Waals surface area contributed by atoms with Gasteiger partial charge in [-0.2, -0.15) is 0 Å². The lowest BCUT2D eigenvalue weighted by molar-refractivity contribution is -0.136. The number of aliphatic hydroxyl groups excluding tert-OH is 1. The molecule has 0 bridgehead atoms. The van der Waals surface area contributed by atoms with Crippen LogP contribution in [0.3, 0.4) is 0 Å². The maximum absolute atomic E-state index is 12.3. The fourth-order valence-electron chi connectivity index (χ4n) is 1.72. The monoisotopic (exact) mass is 245 g/mol. The number of aliphatic hydroxyl groups is 1. The summed E-state index contributed by atoms with van der Waals surface area (Å²) in [4.78, 5) is 13.8. The van der Waals surface area contributed by atoms with Gasteiger partial charge in [-0.3, -0.25) is 4.79 Å². The minimum atomic E-state index is -0.658. The van der Waals surface area contributed by atoms with Crippen LogP contribution in [-0.2, 0) is 4.79 Å². The molecule has 100 valence electrons. The van der Waals surface area contributed by atoms with Gasteiger partial charge < -0.3 is 20.9 Å². The smallest absolute Gasteiger partial charge is 0.233 e. The van der Waals surface area contributed by atoms with Crippen molar-refractivity contribution >= 4 is 11.7 Å². The third-order valence-corrected chi connectivity index (χ3v) is 2.61. The van der Waals surface area contributed by atoms with Crippen molar-refractivity contribution in [3.63, 3.8) is 0 Å². The van der Waals surface area contributed by atoms with Crippen LogP contribution >= 0.6 is 0 Å². The number of amides is 1.